The highest BCUT2D eigenvalue weighted by molar-refractivity contribution is 5.83. The highest BCUT2D eigenvalue weighted by Crippen LogP contribution is 2.31. The summed E-state index contributed by atoms with van der Waals surface area (Å²) in [4.78, 5) is 23.6. The molecule has 1 aromatic rings. The predicted molar refractivity (Wildman–Crippen MR) is 71.4 cm³/mol. The summed E-state index contributed by atoms with van der Waals surface area (Å²) in [6.45, 7) is 3.86. The Hall–Kier alpha value is -2.17. The minimum atomic E-state index is -0.460. The van der Waals surface area contributed by atoms with Crippen LogP contribution in [0.2, 0.25) is 0 Å². The van der Waals surface area contributed by atoms with Crippen molar-refractivity contribution in [2.45, 2.75) is 12.3 Å². The zero-order valence-corrected chi connectivity index (χ0v) is 11.0. The van der Waals surface area contributed by atoms with Gasteiger partial charge in [0.2, 0.25) is 5.91 Å². The van der Waals surface area contributed by atoms with E-state index in [2.05, 4.69) is 11.9 Å². The van der Waals surface area contributed by atoms with Crippen LogP contribution in [0.1, 0.15) is 17.9 Å². The number of benzene rings is 1. The van der Waals surface area contributed by atoms with Crippen molar-refractivity contribution >= 4 is 11.9 Å². The predicted octanol–water partition coefficient (Wildman–Crippen LogP) is 1.77. The third-order valence-corrected chi connectivity index (χ3v) is 3.35. The molecule has 0 unspecified atom stereocenters. The van der Waals surface area contributed by atoms with Gasteiger partial charge in [0.15, 0.2) is 0 Å². The van der Waals surface area contributed by atoms with Crippen LogP contribution in [0, 0.1) is 11.7 Å². The first kappa shape index (κ1) is 14.2. The number of hydrogen-bond acceptors (Lipinski definition) is 3. The van der Waals surface area contributed by atoms with Crippen molar-refractivity contribution in [3.8, 4) is 0 Å². The second-order valence-corrected chi connectivity index (χ2v) is 4.69. The van der Waals surface area contributed by atoms with E-state index in [9.17, 15) is 14.0 Å². The van der Waals surface area contributed by atoms with Crippen LogP contribution in [0.15, 0.2) is 36.9 Å². The number of halogens is 1. The third-order valence-electron chi connectivity index (χ3n) is 3.35. The first-order chi connectivity index (χ1) is 9.61. The van der Waals surface area contributed by atoms with Gasteiger partial charge in [0.05, 0.1) is 5.92 Å². The quantitative estimate of drug-likeness (QED) is 0.674. The maximum atomic E-state index is 13.0. The van der Waals surface area contributed by atoms with E-state index in [-0.39, 0.29) is 43.2 Å². The van der Waals surface area contributed by atoms with Gasteiger partial charge < -0.3 is 10.1 Å². The number of amides is 1. The smallest absolute Gasteiger partial charge is 0.311 e. The van der Waals surface area contributed by atoms with Gasteiger partial charge in [-0.05, 0) is 17.7 Å². The molecule has 0 aromatic heterocycles. The van der Waals surface area contributed by atoms with Gasteiger partial charge in [-0.3, -0.25) is 9.59 Å². The average molecular weight is 277 g/mol. The van der Waals surface area contributed by atoms with Crippen LogP contribution < -0.4 is 5.32 Å². The fourth-order valence-electron chi connectivity index (χ4n) is 2.34. The molecule has 1 aliphatic rings. The Morgan fingerprint density at radius 1 is 1.45 bits per heavy atom. The third kappa shape index (κ3) is 3.23. The Labute approximate surface area is 116 Å². The van der Waals surface area contributed by atoms with Crippen LogP contribution in [-0.4, -0.2) is 25.0 Å². The molecule has 4 nitrogen and oxygen atoms in total. The molecule has 2 atom stereocenters. The monoisotopic (exact) mass is 277 g/mol. The molecule has 1 amide bonds. The zero-order valence-electron chi connectivity index (χ0n) is 11.0. The molecule has 5 heteroatoms. The molecule has 1 aromatic carbocycles. The topological polar surface area (TPSA) is 55.4 Å². The van der Waals surface area contributed by atoms with E-state index in [1.165, 1.54) is 18.2 Å². The maximum absolute atomic E-state index is 13.0. The molecule has 0 aliphatic carbocycles. The van der Waals surface area contributed by atoms with Gasteiger partial charge in [-0.25, -0.2) is 4.39 Å². The number of ether oxygens (including phenoxy) is 1. The van der Waals surface area contributed by atoms with Crippen molar-refractivity contribution in [3.05, 3.63) is 48.3 Å². The number of esters is 1. The zero-order chi connectivity index (χ0) is 14.5. The highest BCUT2D eigenvalue weighted by atomic mass is 19.1. The minimum absolute atomic E-state index is 0.118. The molecule has 106 valence electrons. The van der Waals surface area contributed by atoms with Gasteiger partial charge in [0, 0.05) is 18.9 Å². The lowest BCUT2D eigenvalue weighted by Crippen LogP contribution is -2.43. The molecule has 0 bridgehead atoms. The lowest BCUT2D eigenvalue weighted by atomic mass is 9.81. The summed E-state index contributed by atoms with van der Waals surface area (Å²) in [5.41, 5.74) is 0.766. The van der Waals surface area contributed by atoms with Crippen molar-refractivity contribution in [2.24, 2.45) is 5.92 Å². The molecule has 0 saturated carbocycles. The van der Waals surface area contributed by atoms with Gasteiger partial charge in [-0.2, -0.15) is 0 Å². The first-order valence-corrected chi connectivity index (χ1v) is 6.41. The number of hydrogen-bond donors (Lipinski definition) is 1. The Kier molecular flexibility index (Phi) is 4.50. The number of carbonyl (C=O) groups is 2. The molecule has 1 N–H and O–H groups in total. The summed E-state index contributed by atoms with van der Waals surface area (Å²) in [6.07, 6.45) is 1.69. The van der Waals surface area contributed by atoms with Crippen LogP contribution in [-0.2, 0) is 14.3 Å². The molecule has 1 saturated heterocycles. The summed E-state index contributed by atoms with van der Waals surface area (Å²) in [5.74, 6) is -1.59. The summed E-state index contributed by atoms with van der Waals surface area (Å²) in [6, 6.07) is 5.86. The highest BCUT2D eigenvalue weighted by Gasteiger charge is 2.36. The van der Waals surface area contributed by atoms with Crippen molar-refractivity contribution in [1.29, 1.82) is 0 Å². The van der Waals surface area contributed by atoms with E-state index < -0.39 is 5.92 Å². The SMILES string of the molecule is C=CCOC(=O)[C@@H]1CNC(=O)C[C@H]1c1ccc(F)cc1. The number of piperidine rings is 1. The van der Waals surface area contributed by atoms with Crippen LogP contribution in [0.25, 0.3) is 0 Å². The molecule has 1 fully saturated rings. The molecule has 2 rings (SSSR count). The van der Waals surface area contributed by atoms with Crippen LogP contribution in [0.4, 0.5) is 4.39 Å². The maximum Gasteiger partial charge on any atom is 0.311 e. The molecule has 1 heterocycles. The standard InChI is InChI=1S/C15H16FNO3/c1-2-7-20-15(19)13-9-17-14(18)8-12(13)10-3-5-11(16)6-4-10/h2-6,12-13H,1,7-9H2,(H,17,18)/t12-,13+/m0/s1. The summed E-state index contributed by atoms with van der Waals surface area (Å²) >= 11 is 0. The van der Waals surface area contributed by atoms with E-state index in [1.807, 2.05) is 0 Å². The summed E-state index contributed by atoms with van der Waals surface area (Å²) < 4.78 is 18.0. The molecule has 0 spiro atoms. The van der Waals surface area contributed by atoms with E-state index in [0.29, 0.717) is 0 Å². The van der Waals surface area contributed by atoms with Crippen LogP contribution in [0.3, 0.4) is 0 Å². The van der Waals surface area contributed by atoms with Crippen LogP contribution in [0.5, 0.6) is 0 Å². The van der Waals surface area contributed by atoms with Gasteiger partial charge in [-0.1, -0.05) is 24.8 Å². The number of carbonyl (C=O) groups excluding carboxylic acids is 2. The van der Waals surface area contributed by atoms with Crippen molar-refractivity contribution in [2.75, 3.05) is 13.2 Å². The summed E-state index contributed by atoms with van der Waals surface area (Å²) in [5, 5.41) is 2.66. The van der Waals surface area contributed by atoms with Gasteiger partial charge >= 0.3 is 5.97 Å². The van der Waals surface area contributed by atoms with Gasteiger partial charge in [0.1, 0.15) is 12.4 Å². The largest absolute Gasteiger partial charge is 0.461 e. The van der Waals surface area contributed by atoms with E-state index in [4.69, 9.17) is 4.74 Å². The average Bonchev–Trinajstić information content (AvgIpc) is 2.45. The minimum Gasteiger partial charge on any atom is -0.461 e. The Balaban J connectivity index is 2.19. The Morgan fingerprint density at radius 2 is 2.15 bits per heavy atom. The second kappa shape index (κ2) is 6.32. The van der Waals surface area contributed by atoms with E-state index in [1.54, 1.807) is 12.1 Å². The van der Waals surface area contributed by atoms with Crippen molar-refractivity contribution in [3.63, 3.8) is 0 Å². The molecular weight excluding hydrogens is 261 g/mol. The number of rotatable bonds is 4. The van der Waals surface area contributed by atoms with Gasteiger partial charge in [0.25, 0.3) is 0 Å². The molecule has 20 heavy (non-hydrogen) atoms. The second-order valence-electron chi connectivity index (χ2n) is 4.69. The van der Waals surface area contributed by atoms with E-state index >= 15 is 0 Å². The normalized spacial score (nSPS) is 21.9. The van der Waals surface area contributed by atoms with E-state index in [0.717, 1.165) is 5.56 Å². The van der Waals surface area contributed by atoms with Gasteiger partial charge in [-0.15, -0.1) is 0 Å². The Bertz CT molecular complexity index is 512. The Morgan fingerprint density at radius 3 is 2.80 bits per heavy atom. The summed E-state index contributed by atoms with van der Waals surface area (Å²) in [7, 11) is 0. The lowest BCUT2D eigenvalue weighted by molar-refractivity contribution is -0.149. The fourth-order valence-corrected chi connectivity index (χ4v) is 2.34. The molecule has 0 radical (unpaired) electrons. The first-order valence-electron chi connectivity index (χ1n) is 6.41. The number of nitrogens with one attached hydrogen (secondary N) is 1. The lowest BCUT2D eigenvalue weighted by Gasteiger charge is -2.30. The molecular formula is C15H16FNO3. The molecule has 1 aliphatic heterocycles. The van der Waals surface area contributed by atoms with Crippen LogP contribution >= 0.6 is 0 Å². The van der Waals surface area contributed by atoms with Crippen molar-refractivity contribution < 1.29 is 18.7 Å². The fraction of sp³-hybridized carbons (Fsp3) is 0.333. The van der Waals surface area contributed by atoms with Crippen molar-refractivity contribution in [1.82, 2.24) is 5.32 Å².